The van der Waals surface area contributed by atoms with Gasteiger partial charge in [0.1, 0.15) is 6.10 Å². The molecule has 1 unspecified atom stereocenters. The van der Waals surface area contributed by atoms with Crippen molar-refractivity contribution in [2.24, 2.45) is 11.1 Å². The predicted molar refractivity (Wildman–Crippen MR) is 37.2 cm³/mol. The molecule has 0 aliphatic carbocycles. The van der Waals surface area contributed by atoms with Gasteiger partial charge in [0.15, 0.2) is 0 Å². The molecule has 0 heterocycles. The van der Waals surface area contributed by atoms with Gasteiger partial charge in [0.25, 0.3) is 0 Å². The highest BCUT2D eigenvalue weighted by Crippen LogP contribution is 2.00. The van der Waals surface area contributed by atoms with Gasteiger partial charge in [-0.15, -0.1) is 0 Å². The average molecular weight is 147 g/mol. The first-order chi connectivity index (χ1) is 4.63. The Bertz CT molecular complexity index is 122. The average Bonchev–Trinajstić information content (AvgIpc) is 1.88. The molecule has 0 saturated carbocycles. The second-order valence-electron chi connectivity index (χ2n) is 2.38. The largest absolute Gasteiger partial charge is 0.411 e. The lowest BCUT2D eigenvalue weighted by Gasteiger charge is -2.11. The molecule has 60 valence electrons. The lowest BCUT2D eigenvalue weighted by Crippen LogP contribution is -2.28. The van der Waals surface area contributed by atoms with Gasteiger partial charge in [0.2, 0.25) is 0 Å². The van der Waals surface area contributed by atoms with Gasteiger partial charge in [-0.1, -0.05) is 19.0 Å². The van der Waals surface area contributed by atoms with E-state index in [1.807, 2.05) is 0 Å². The molecular formula is C6H13NO3. The molecule has 0 amide bonds. The summed E-state index contributed by atoms with van der Waals surface area (Å²) in [6.07, 6.45) is -1.04. The standard InChI is InChI=1S/C6H13NO3/c1-4(2)6(7-10)5(9)3-8/h4-5,8-10H,3H2,1-2H3/b7-6-. The normalized spacial score (nSPS) is 15.9. The smallest absolute Gasteiger partial charge is 0.119 e. The maximum atomic E-state index is 8.95. The lowest BCUT2D eigenvalue weighted by molar-refractivity contribution is 0.137. The zero-order valence-corrected chi connectivity index (χ0v) is 6.15. The molecule has 0 bridgehead atoms. The van der Waals surface area contributed by atoms with E-state index in [0.717, 1.165) is 0 Å². The van der Waals surface area contributed by atoms with Gasteiger partial charge in [0, 0.05) is 0 Å². The first-order valence-corrected chi connectivity index (χ1v) is 3.14. The van der Waals surface area contributed by atoms with E-state index in [1.165, 1.54) is 0 Å². The van der Waals surface area contributed by atoms with Gasteiger partial charge in [-0.25, -0.2) is 0 Å². The van der Waals surface area contributed by atoms with Crippen molar-refractivity contribution >= 4 is 5.71 Å². The van der Waals surface area contributed by atoms with Crippen LogP contribution in [0.3, 0.4) is 0 Å². The summed E-state index contributed by atoms with van der Waals surface area (Å²) in [5, 5.41) is 28.6. The number of hydrogen-bond acceptors (Lipinski definition) is 4. The lowest BCUT2D eigenvalue weighted by atomic mass is 10.0. The van der Waals surface area contributed by atoms with Crippen LogP contribution in [0.15, 0.2) is 5.16 Å². The highest BCUT2D eigenvalue weighted by Gasteiger charge is 2.15. The highest BCUT2D eigenvalue weighted by molar-refractivity contribution is 5.89. The first kappa shape index (κ1) is 9.39. The Kier molecular flexibility index (Phi) is 3.99. The van der Waals surface area contributed by atoms with Crippen LogP contribution >= 0.6 is 0 Å². The molecule has 3 N–H and O–H groups in total. The maximum Gasteiger partial charge on any atom is 0.119 e. The van der Waals surface area contributed by atoms with E-state index < -0.39 is 12.7 Å². The Morgan fingerprint density at radius 1 is 1.50 bits per heavy atom. The second-order valence-corrected chi connectivity index (χ2v) is 2.38. The first-order valence-electron chi connectivity index (χ1n) is 3.14. The molecule has 0 aromatic carbocycles. The van der Waals surface area contributed by atoms with Gasteiger partial charge in [-0.3, -0.25) is 0 Å². The minimum Gasteiger partial charge on any atom is -0.411 e. The third-order valence-corrected chi connectivity index (χ3v) is 1.22. The van der Waals surface area contributed by atoms with Crippen molar-refractivity contribution in [1.82, 2.24) is 0 Å². The zero-order valence-electron chi connectivity index (χ0n) is 6.15. The van der Waals surface area contributed by atoms with Crippen molar-refractivity contribution in [3.8, 4) is 0 Å². The van der Waals surface area contributed by atoms with E-state index in [9.17, 15) is 0 Å². The number of nitrogens with zero attached hydrogens (tertiary/aromatic N) is 1. The molecular weight excluding hydrogens is 134 g/mol. The summed E-state index contributed by atoms with van der Waals surface area (Å²) in [7, 11) is 0. The van der Waals surface area contributed by atoms with Crippen LogP contribution in [0.5, 0.6) is 0 Å². The Hall–Kier alpha value is -0.610. The van der Waals surface area contributed by atoms with Crippen LogP contribution in [-0.4, -0.2) is 33.8 Å². The SMILES string of the molecule is CC(C)/C(=N/O)C(O)CO. The quantitative estimate of drug-likeness (QED) is 0.294. The highest BCUT2D eigenvalue weighted by atomic mass is 16.4. The van der Waals surface area contributed by atoms with Crippen molar-refractivity contribution in [3.63, 3.8) is 0 Å². The fourth-order valence-electron chi connectivity index (χ4n) is 0.660. The van der Waals surface area contributed by atoms with Crippen LogP contribution in [0.4, 0.5) is 0 Å². The minimum absolute atomic E-state index is 0.0489. The van der Waals surface area contributed by atoms with Crippen LogP contribution in [0, 0.1) is 5.92 Å². The molecule has 0 spiro atoms. The summed E-state index contributed by atoms with van der Waals surface area (Å²) >= 11 is 0. The van der Waals surface area contributed by atoms with Crippen molar-refractivity contribution in [1.29, 1.82) is 0 Å². The summed E-state index contributed by atoms with van der Waals surface area (Å²) in [5.41, 5.74) is 0.211. The van der Waals surface area contributed by atoms with Crippen LogP contribution in [0.25, 0.3) is 0 Å². The summed E-state index contributed by atoms with van der Waals surface area (Å²) in [4.78, 5) is 0. The molecule has 0 aromatic rings. The molecule has 0 aliphatic rings. The van der Waals surface area contributed by atoms with E-state index >= 15 is 0 Å². The Morgan fingerprint density at radius 2 is 2.00 bits per heavy atom. The third kappa shape index (κ3) is 2.33. The van der Waals surface area contributed by atoms with E-state index in [2.05, 4.69) is 5.16 Å². The van der Waals surface area contributed by atoms with E-state index in [1.54, 1.807) is 13.8 Å². The van der Waals surface area contributed by atoms with Gasteiger partial charge < -0.3 is 15.4 Å². The summed E-state index contributed by atoms with van der Waals surface area (Å²) in [6, 6.07) is 0. The van der Waals surface area contributed by atoms with Crippen molar-refractivity contribution in [3.05, 3.63) is 0 Å². The van der Waals surface area contributed by atoms with Crippen molar-refractivity contribution in [2.45, 2.75) is 20.0 Å². The summed E-state index contributed by atoms with van der Waals surface area (Å²) in [5.74, 6) is -0.0489. The number of oxime groups is 1. The third-order valence-electron chi connectivity index (χ3n) is 1.22. The van der Waals surface area contributed by atoms with Crippen molar-refractivity contribution < 1.29 is 15.4 Å². The molecule has 0 radical (unpaired) electrons. The molecule has 10 heavy (non-hydrogen) atoms. The molecule has 0 rings (SSSR count). The van der Waals surface area contributed by atoms with E-state index in [0.29, 0.717) is 0 Å². The number of aliphatic hydroxyl groups is 2. The molecule has 0 aromatic heterocycles. The fraction of sp³-hybridized carbons (Fsp3) is 0.833. The predicted octanol–water partition coefficient (Wildman–Crippen LogP) is -0.174. The maximum absolute atomic E-state index is 8.95. The van der Waals surface area contributed by atoms with Gasteiger partial charge in [0.05, 0.1) is 12.3 Å². The zero-order chi connectivity index (χ0) is 8.15. The summed E-state index contributed by atoms with van der Waals surface area (Å²) < 4.78 is 0. The van der Waals surface area contributed by atoms with Crippen LogP contribution < -0.4 is 0 Å². The molecule has 4 nitrogen and oxygen atoms in total. The van der Waals surface area contributed by atoms with Crippen LogP contribution in [-0.2, 0) is 0 Å². The van der Waals surface area contributed by atoms with Crippen LogP contribution in [0.2, 0.25) is 0 Å². The Balaban J connectivity index is 4.08. The molecule has 0 saturated heterocycles. The number of aliphatic hydroxyl groups excluding tert-OH is 2. The van der Waals surface area contributed by atoms with E-state index in [-0.39, 0.29) is 11.6 Å². The molecule has 4 heteroatoms. The van der Waals surface area contributed by atoms with E-state index in [4.69, 9.17) is 15.4 Å². The monoisotopic (exact) mass is 147 g/mol. The van der Waals surface area contributed by atoms with Gasteiger partial charge in [-0.05, 0) is 5.92 Å². The number of rotatable bonds is 3. The number of hydrogen-bond donors (Lipinski definition) is 3. The molecule has 1 atom stereocenters. The van der Waals surface area contributed by atoms with Crippen molar-refractivity contribution in [2.75, 3.05) is 6.61 Å². The van der Waals surface area contributed by atoms with Crippen LogP contribution in [0.1, 0.15) is 13.8 Å². The summed E-state index contributed by atoms with van der Waals surface area (Å²) in [6.45, 7) is 3.14. The molecule has 0 aliphatic heterocycles. The topological polar surface area (TPSA) is 73.1 Å². The minimum atomic E-state index is -1.04. The Morgan fingerprint density at radius 3 is 2.10 bits per heavy atom. The Labute approximate surface area is 59.8 Å². The van der Waals surface area contributed by atoms with Gasteiger partial charge in [-0.2, -0.15) is 0 Å². The molecule has 0 fully saturated rings. The van der Waals surface area contributed by atoms with Gasteiger partial charge >= 0.3 is 0 Å². The second kappa shape index (κ2) is 4.24. The fourth-order valence-corrected chi connectivity index (χ4v) is 0.660.